The third kappa shape index (κ3) is 6.21. The quantitative estimate of drug-likeness (QED) is 0.520. The first kappa shape index (κ1) is 21.1. The first-order chi connectivity index (χ1) is 13.3. The monoisotopic (exact) mass is 402 g/mol. The van der Waals surface area contributed by atoms with Gasteiger partial charge in [-0.05, 0) is 55.5 Å². The largest absolute Gasteiger partial charge is 0.453 e. The molecule has 0 aliphatic carbocycles. The van der Waals surface area contributed by atoms with Crippen LogP contribution in [-0.2, 0) is 14.3 Å². The second-order valence-corrected chi connectivity index (χ2v) is 6.43. The molecule has 146 valence electrons. The predicted molar refractivity (Wildman–Crippen MR) is 104 cm³/mol. The fourth-order valence-corrected chi connectivity index (χ4v) is 2.39. The van der Waals surface area contributed by atoms with Crippen molar-refractivity contribution >= 4 is 40.9 Å². The van der Waals surface area contributed by atoms with Crippen molar-refractivity contribution in [3.8, 4) is 0 Å². The lowest BCUT2D eigenvalue weighted by Crippen LogP contribution is -2.30. The van der Waals surface area contributed by atoms with E-state index in [9.17, 15) is 19.2 Å². The van der Waals surface area contributed by atoms with E-state index in [1.807, 2.05) is 0 Å². The zero-order valence-corrected chi connectivity index (χ0v) is 15.9. The lowest BCUT2D eigenvalue weighted by atomic mass is 10.1. The van der Waals surface area contributed by atoms with Crippen molar-refractivity contribution in [3.05, 3.63) is 64.7 Å². The van der Waals surface area contributed by atoms with E-state index in [1.165, 1.54) is 31.2 Å². The number of ketones is 1. The molecule has 0 spiro atoms. The summed E-state index contributed by atoms with van der Waals surface area (Å²) in [6.45, 7) is 1.42. The summed E-state index contributed by atoms with van der Waals surface area (Å²) in [5.41, 5.74) is 6.33. The molecule has 28 heavy (non-hydrogen) atoms. The number of carbonyl (C=O) groups is 4. The van der Waals surface area contributed by atoms with Crippen molar-refractivity contribution in [1.29, 1.82) is 0 Å². The summed E-state index contributed by atoms with van der Waals surface area (Å²) in [5.74, 6) is -1.99. The van der Waals surface area contributed by atoms with Gasteiger partial charge in [0, 0.05) is 28.3 Å². The highest BCUT2D eigenvalue weighted by molar-refractivity contribution is 6.30. The molecule has 0 bridgehead atoms. The van der Waals surface area contributed by atoms with Gasteiger partial charge < -0.3 is 15.8 Å². The molecule has 0 aliphatic rings. The maximum absolute atomic E-state index is 12.1. The van der Waals surface area contributed by atoms with Crippen molar-refractivity contribution < 1.29 is 23.9 Å². The number of esters is 1. The number of halogens is 1. The minimum atomic E-state index is -1.05. The molecular formula is C20H19ClN2O5. The molecule has 1 unspecified atom stereocenters. The molecule has 2 aromatic carbocycles. The second kappa shape index (κ2) is 9.66. The van der Waals surface area contributed by atoms with Gasteiger partial charge in [-0.3, -0.25) is 19.2 Å². The summed E-state index contributed by atoms with van der Waals surface area (Å²) in [7, 11) is 0. The Morgan fingerprint density at radius 2 is 1.54 bits per heavy atom. The zero-order chi connectivity index (χ0) is 20.7. The minimum Gasteiger partial charge on any atom is -0.453 e. The third-order valence-corrected chi connectivity index (χ3v) is 4.09. The molecule has 3 N–H and O–H groups in total. The van der Waals surface area contributed by atoms with E-state index in [2.05, 4.69) is 5.32 Å². The van der Waals surface area contributed by atoms with Crippen LogP contribution in [0.3, 0.4) is 0 Å². The molecule has 0 radical (unpaired) electrons. The van der Waals surface area contributed by atoms with Gasteiger partial charge in [0.15, 0.2) is 11.9 Å². The number of anilines is 1. The second-order valence-electron chi connectivity index (χ2n) is 5.99. The number of primary amides is 1. The molecule has 8 heteroatoms. The maximum Gasteiger partial charge on any atom is 0.307 e. The number of rotatable bonds is 8. The van der Waals surface area contributed by atoms with Crippen LogP contribution in [0.4, 0.5) is 5.69 Å². The smallest absolute Gasteiger partial charge is 0.307 e. The predicted octanol–water partition coefficient (Wildman–Crippen LogP) is 2.97. The summed E-state index contributed by atoms with van der Waals surface area (Å²) in [5, 5.41) is 3.08. The van der Waals surface area contributed by atoms with Gasteiger partial charge in [-0.25, -0.2) is 0 Å². The molecule has 2 aromatic rings. The lowest BCUT2D eigenvalue weighted by molar-refractivity contribution is -0.153. The molecule has 2 amide bonds. The number of nitrogens with one attached hydrogen (secondary N) is 1. The van der Waals surface area contributed by atoms with E-state index in [4.69, 9.17) is 22.1 Å². The van der Waals surface area contributed by atoms with Gasteiger partial charge in [-0.15, -0.1) is 0 Å². The molecule has 7 nitrogen and oxygen atoms in total. The van der Waals surface area contributed by atoms with Gasteiger partial charge in [-0.1, -0.05) is 11.6 Å². The maximum atomic E-state index is 12.1. The summed E-state index contributed by atoms with van der Waals surface area (Å²) in [4.78, 5) is 47.1. The molecule has 0 saturated carbocycles. The van der Waals surface area contributed by atoms with Crippen LogP contribution in [0, 0.1) is 0 Å². The summed E-state index contributed by atoms with van der Waals surface area (Å²) in [6.07, 6.45) is -1.23. The van der Waals surface area contributed by atoms with Crippen molar-refractivity contribution in [2.24, 2.45) is 5.73 Å². The van der Waals surface area contributed by atoms with Crippen LogP contribution in [0.25, 0.3) is 0 Å². The summed E-state index contributed by atoms with van der Waals surface area (Å²) < 4.78 is 5.05. The molecule has 1 atom stereocenters. The van der Waals surface area contributed by atoms with Gasteiger partial charge in [0.1, 0.15) is 0 Å². The van der Waals surface area contributed by atoms with Crippen LogP contribution in [-0.4, -0.2) is 29.7 Å². The Labute approximate surface area is 166 Å². The molecule has 0 fully saturated rings. The Morgan fingerprint density at radius 3 is 2.11 bits per heavy atom. The Kier molecular flexibility index (Phi) is 7.28. The van der Waals surface area contributed by atoms with E-state index < -0.39 is 23.9 Å². The standard InChI is InChI=1S/C20H19ClN2O5/c1-12(20(27)23-16-8-4-14(5-9-16)19(22)26)28-18(25)11-10-17(24)13-2-6-15(21)7-3-13/h2-9,12H,10-11H2,1H3,(H2,22,26)(H,23,27). The molecule has 0 aliphatic heterocycles. The average molecular weight is 403 g/mol. The lowest BCUT2D eigenvalue weighted by Gasteiger charge is -2.13. The number of amides is 2. The molecule has 2 rings (SSSR count). The minimum absolute atomic E-state index is 0.0383. The number of Topliss-reactive ketones (excluding diaryl/α,β-unsaturated/α-hetero) is 1. The number of hydrogen-bond acceptors (Lipinski definition) is 5. The van der Waals surface area contributed by atoms with Crippen LogP contribution in [0.2, 0.25) is 5.02 Å². The van der Waals surface area contributed by atoms with E-state index >= 15 is 0 Å². The Balaban J connectivity index is 1.80. The number of hydrogen-bond donors (Lipinski definition) is 2. The molecular weight excluding hydrogens is 384 g/mol. The first-order valence-corrected chi connectivity index (χ1v) is 8.83. The molecule has 0 saturated heterocycles. The van der Waals surface area contributed by atoms with Crippen molar-refractivity contribution in [2.45, 2.75) is 25.9 Å². The average Bonchev–Trinajstić information content (AvgIpc) is 2.67. The number of nitrogens with two attached hydrogens (primary N) is 1. The topological polar surface area (TPSA) is 116 Å². The summed E-state index contributed by atoms with van der Waals surface area (Å²) >= 11 is 5.77. The normalized spacial score (nSPS) is 11.4. The van der Waals surface area contributed by atoms with Crippen LogP contribution < -0.4 is 11.1 Å². The van der Waals surface area contributed by atoms with E-state index in [0.717, 1.165) is 0 Å². The van der Waals surface area contributed by atoms with Gasteiger partial charge in [0.05, 0.1) is 6.42 Å². The van der Waals surface area contributed by atoms with Crippen LogP contribution in [0.15, 0.2) is 48.5 Å². The van der Waals surface area contributed by atoms with E-state index in [1.54, 1.807) is 24.3 Å². The van der Waals surface area contributed by atoms with Crippen LogP contribution in [0.5, 0.6) is 0 Å². The Bertz CT molecular complexity index is 878. The highest BCUT2D eigenvalue weighted by Gasteiger charge is 2.19. The van der Waals surface area contributed by atoms with Gasteiger partial charge in [0.25, 0.3) is 5.91 Å². The number of ether oxygens (including phenoxy) is 1. The zero-order valence-electron chi connectivity index (χ0n) is 15.1. The van der Waals surface area contributed by atoms with Gasteiger partial charge in [0.2, 0.25) is 5.91 Å². The van der Waals surface area contributed by atoms with Crippen molar-refractivity contribution in [1.82, 2.24) is 0 Å². The number of benzene rings is 2. The number of carbonyl (C=O) groups excluding carboxylic acids is 4. The van der Waals surface area contributed by atoms with Crippen molar-refractivity contribution in [2.75, 3.05) is 5.32 Å². The fourth-order valence-electron chi connectivity index (χ4n) is 2.27. The highest BCUT2D eigenvalue weighted by Crippen LogP contribution is 2.13. The molecule has 0 aromatic heterocycles. The summed E-state index contributed by atoms with van der Waals surface area (Å²) in [6, 6.07) is 12.3. The van der Waals surface area contributed by atoms with E-state index in [0.29, 0.717) is 21.8 Å². The van der Waals surface area contributed by atoms with Crippen LogP contribution >= 0.6 is 11.6 Å². The molecule has 0 heterocycles. The van der Waals surface area contributed by atoms with Gasteiger partial charge >= 0.3 is 5.97 Å². The van der Waals surface area contributed by atoms with Gasteiger partial charge in [-0.2, -0.15) is 0 Å². The SMILES string of the molecule is CC(OC(=O)CCC(=O)c1ccc(Cl)cc1)C(=O)Nc1ccc(C(N)=O)cc1. The Hall–Kier alpha value is -3.19. The van der Waals surface area contributed by atoms with E-state index in [-0.39, 0.29) is 18.6 Å². The third-order valence-electron chi connectivity index (χ3n) is 3.84. The van der Waals surface area contributed by atoms with Crippen LogP contribution in [0.1, 0.15) is 40.5 Å². The van der Waals surface area contributed by atoms with Crippen molar-refractivity contribution in [3.63, 3.8) is 0 Å². The fraction of sp³-hybridized carbons (Fsp3) is 0.200. The first-order valence-electron chi connectivity index (χ1n) is 8.45. The Morgan fingerprint density at radius 1 is 0.964 bits per heavy atom. The highest BCUT2D eigenvalue weighted by atomic mass is 35.5.